The zero-order chi connectivity index (χ0) is 26.8. The molecule has 1 aromatic carbocycles. The Morgan fingerprint density at radius 3 is 2.31 bits per heavy atom. The van der Waals surface area contributed by atoms with E-state index in [0.29, 0.717) is 16.6 Å². The predicted molar refractivity (Wildman–Crippen MR) is 151 cm³/mol. The lowest BCUT2D eigenvalue weighted by Crippen LogP contribution is -2.30. The first-order valence-electron chi connectivity index (χ1n) is 13.6. The SMILES string of the molecule is O=C(O)c1nn(C(=O)Nc2ccnc(N3CCCCC3)c2)c2ccc(-c3cncc(N4CCCCC4)c3)cc12. The molecule has 2 aliphatic rings. The summed E-state index contributed by atoms with van der Waals surface area (Å²) in [6, 6.07) is 10.5. The molecule has 10 nitrogen and oxygen atoms in total. The molecule has 200 valence electrons. The number of aromatic nitrogens is 4. The molecule has 0 atom stereocenters. The number of carbonyl (C=O) groups excluding carboxylic acids is 1. The molecule has 4 aromatic rings. The van der Waals surface area contributed by atoms with Crippen LogP contribution in [0.1, 0.15) is 49.0 Å². The van der Waals surface area contributed by atoms with Gasteiger partial charge in [-0.2, -0.15) is 9.78 Å². The molecule has 2 aliphatic heterocycles. The van der Waals surface area contributed by atoms with Gasteiger partial charge in [-0.15, -0.1) is 0 Å². The van der Waals surface area contributed by atoms with Crippen LogP contribution in [0.15, 0.2) is 55.0 Å². The number of amides is 1. The number of pyridine rings is 2. The van der Waals surface area contributed by atoms with Crippen LogP contribution in [0, 0.1) is 0 Å². The number of carbonyl (C=O) groups is 2. The quantitative estimate of drug-likeness (QED) is 0.363. The Labute approximate surface area is 226 Å². The van der Waals surface area contributed by atoms with Gasteiger partial charge >= 0.3 is 12.0 Å². The summed E-state index contributed by atoms with van der Waals surface area (Å²) in [7, 11) is 0. The Bertz CT molecular complexity index is 1520. The third kappa shape index (κ3) is 5.14. The van der Waals surface area contributed by atoms with Crippen molar-refractivity contribution in [1.82, 2.24) is 19.7 Å². The molecule has 0 saturated carbocycles. The summed E-state index contributed by atoms with van der Waals surface area (Å²) in [4.78, 5) is 38.8. The van der Waals surface area contributed by atoms with E-state index in [-0.39, 0.29) is 5.69 Å². The molecular weight excluding hydrogens is 494 g/mol. The average molecular weight is 526 g/mol. The Kier molecular flexibility index (Phi) is 6.83. The van der Waals surface area contributed by atoms with Gasteiger partial charge in [-0.1, -0.05) is 6.07 Å². The highest BCUT2D eigenvalue weighted by Crippen LogP contribution is 2.30. The fraction of sp³-hybridized carbons (Fsp3) is 0.345. The van der Waals surface area contributed by atoms with Crippen molar-refractivity contribution in [2.75, 3.05) is 41.3 Å². The number of carboxylic acids is 1. The van der Waals surface area contributed by atoms with Crippen molar-refractivity contribution < 1.29 is 14.7 Å². The van der Waals surface area contributed by atoms with Crippen LogP contribution in [0.4, 0.5) is 22.0 Å². The van der Waals surface area contributed by atoms with Crippen molar-refractivity contribution in [3.05, 3.63) is 60.7 Å². The molecule has 1 amide bonds. The van der Waals surface area contributed by atoms with Gasteiger partial charge in [-0.25, -0.2) is 14.6 Å². The van der Waals surface area contributed by atoms with E-state index < -0.39 is 12.0 Å². The first-order valence-corrected chi connectivity index (χ1v) is 13.6. The minimum absolute atomic E-state index is 0.175. The Morgan fingerprint density at radius 1 is 0.821 bits per heavy atom. The number of anilines is 3. The van der Waals surface area contributed by atoms with Crippen molar-refractivity contribution in [1.29, 1.82) is 0 Å². The van der Waals surface area contributed by atoms with Gasteiger partial charge in [0.1, 0.15) is 5.82 Å². The summed E-state index contributed by atoms with van der Waals surface area (Å²) in [6.45, 7) is 3.89. The zero-order valence-electron chi connectivity index (χ0n) is 21.7. The van der Waals surface area contributed by atoms with Crippen LogP contribution < -0.4 is 15.1 Å². The number of nitrogens with one attached hydrogen (secondary N) is 1. The summed E-state index contributed by atoms with van der Waals surface area (Å²) < 4.78 is 1.12. The second kappa shape index (κ2) is 10.7. The van der Waals surface area contributed by atoms with Crippen molar-refractivity contribution >= 4 is 40.1 Å². The van der Waals surface area contributed by atoms with E-state index in [9.17, 15) is 14.7 Å². The molecule has 39 heavy (non-hydrogen) atoms. The first kappa shape index (κ1) is 24.8. The summed E-state index contributed by atoms with van der Waals surface area (Å²) in [5.41, 5.74) is 3.58. The Hall–Kier alpha value is -4.47. The molecule has 2 saturated heterocycles. The highest BCUT2D eigenvalue weighted by atomic mass is 16.4. The number of benzene rings is 1. The average Bonchev–Trinajstić information content (AvgIpc) is 3.38. The van der Waals surface area contributed by atoms with Gasteiger partial charge in [-0.05, 0) is 68.4 Å². The fourth-order valence-corrected chi connectivity index (χ4v) is 5.49. The van der Waals surface area contributed by atoms with Crippen LogP contribution >= 0.6 is 0 Å². The molecule has 0 spiro atoms. The molecule has 5 heterocycles. The van der Waals surface area contributed by atoms with Crippen LogP contribution in [0.5, 0.6) is 0 Å². The van der Waals surface area contributed by atoms with Crippen molar-refractivity contribution in [2.45, 2.75) is 38.5 Å². The molecule has 2 N–H and O–H groups in total. The van der Waals surface area contributed by atoms with E-state index in [1.807, 2.05) is 18.3 Å². The van der Waals surface area contributed by atoms with E-state index in [2.05, 4.69) is 36.2 Å². The van der Waals surface area contributed by atoms with Gasteiger partial charge < -0.3 is 20.2 Å². The Morgan fingerprint density at radius 2 is 1.56 bits per heavy atom. The van der Waals surface area contributed by atoms with Gasteiger partial charge in [0.2, 0.25) is 0 Å². The lowest BCUT2D eigenvalue weighted by atomic mass is 10.0. The topological polar surface area (TPSA) is 116 Å². The number of rotatable bonds is 5. The first-order chi connectivity index (χ1) is 19.1. The monoisotopic (exact) mass is 525 g/mol. The van der Waals surface area contributed by atoms with Crippen molar-refractivity contribution in [3.63, 3.8) is 0 Å². The molecule has 3 aromatic heterocycles. The highest BCUT2D eigenvalue weighted by molar-refractivity contribution is 6.06. The van der Waals surface area contributed by atoms with Gasteiger partial charge in [0.05, 0.1) is 17.4 Å². The number of piperidine rings is 2. The minimum atomic E-state index is -1.19. The summed E-state index contributed by atoms with van der Waals surface area (Å²) in [6.07, 6.45) is 12.3. The van der Waals surface area contributed by atoms with Gasteiger partial charge in [0, 0.05) is 61.3 Å². The lowest BCUT2D eigenvalue weighted by Gasteiger charge is -2.28. The number of carboxylic acid groups (broad SMARTS) is 1. The highest BCUT2D eigenvalue weighted by Gasteiger charge is 2.22. The third-order valence-corrected chi connectivity index (χ3v) is 7.53. The van der Waals surface area contributed by atoms with E-state index in [4.69, 9.17) is 0 Å². The largest absolute Gasteiger partial charge is 0.476 e. The molecule has 0 aliphatic carbocycles. The number of hydrogen-bond donors (Lipinski definition) is 2. The van der Waals surface area contributed by atoms with Crippen molar-refractivity contribution in [3.8, 4) is 11.1 Å². The van der Waals surface area contributed by atoms with E-state index in [0.717, 1.165) is 66.3 Å². The molecule has 6 rings (SSSR count). The number of aromatic carboxylic acids is 1. The second-order valence-corrected chi connectivity index (χ2v) is 10.2. The van der Waals surface area contributed by atoms with Crippen LogP contribution in [0.25, 0.3) is 22.0 Å². The van der Waals surface area contributed by atoms with Crippen LogP contribution in [0.2, 0.25) is 0 Å². The zero-order valence-corrected chi connectivity index (χ0v) is 21.7. The molecule has 0 radical (unpaired) electrons. The van der Waals surface area contributed by atoms with E-state index in [1.165, 1.54) is 25.7 Å². The van der Waals surface area contributed by atoms with E-state index >= 15 is 0 Å². The van der Waals surface area contributed by atoms with Gasteiger partial charge in [-0.3, -0.25) is 4.98 Å². The maximum absolute atomic E-state index is 13.3. The number of nitrogens with zero attached hydrogens (tertiary/aromatic N) is 6. The van der Waals surface area contributed by atoms with Crippen molar-refractivity contribution in [2.24, 2.45) is 0 Å². The second-order valence-electron chi connectivity index (χ2n) is 10.2. The van der Waals surface area contributed by atoms with Gasteiger partial charge in [0.25, 0.3) is 0 Å². The maximum Gasteiger partial charge on any atom is 0.357 e. The molecular formula is C29H31N7O3. The standard InChI is InChI=1S/C29H31N7O3/c37-28(38)27-24-16-20(21-15-23(19-30-18-21)34-11-3-1-4-12-34)7-8-25(24)36(33-27)29(39)32-22-9-10-31-26(17-22)35-13-5-2-6-14-35/h7-10,15-19H,1-6,11-14H2,(H,37,38)(H,31,32,39). The predicted octanol–water partition coefficient (Wildman–Crippen LogP) is 5.25. The van der Waals surface area contributed by atoms with Gasteiger partial charge in [0.15, 0.2) is 5.69 Å². The van der Waals surface area contributed by atoms with Crippen LogP contribution in [0.3, 0.4) is 0 Å². The molecule has 0 unspecified atom stereocenters. The normalized spacial score (nSPS) is 15.9. The molecule has 10 heteroatoms. The molecule has 2 fully saturated rings. The smallest absolute Gasteiger partial charge is 0.357 e. The van der Waals surface area contributed by atoms with Crippen LogP contribution in [-0.4, -0.2) is 63.0 Å². The van der Waals surface area contributed by atoms with E-state index in [1.54, 1.807) is 30.6 Å². The number of hydrogen-bond acceptors (Lipinski definition) is 7. The van der Waals surface area contributed by atoms with Crippen LogP contribution in [-0.2, 0) is 0 Å². The fourth-order valence-electron chi connectivity index (χ4n) is 5.49. The Balaban J connectivity index is 1.29. The summed E-state index contributed by atoms with van der Waals surface area (Å²) >= 11 is 0. The summed E-state index contributed by atoms with van der Waals surface area (Å²) in [5.74, 6) is -0.380. The third-order valence-electron chi connectivity index (χ3n) is 7.53. The lowest BCUT2D eigenvalue weighted by molar-refractivity contribution is 0.0692. The number of fused-ring (bicyclic) bond motifs is 1. The minimum Gasteiger partial charge on any atom is -0.476 e. The maximum atomic E-state index is 13.3. The molecule has 0 bridgehead atoms. The summed E-state index contributed by atoms with van der Waals surface area (Å²) in [5, 5.41) is 17.3.